The van der Waals surface area contributed by atoms with E-state index in [-0.39, 0.29) is 5.91 Å². The highest BCUT2D eigenvalue weighted by Gasteiger charge is 2.14. The maximum atomic E-state index is 11.9. The second kappa shape index (κ2) is 5.04. The first kappa shape index (κ1) is 12.4. The highest BCUT2D eigenvalue weighted by molar-refractivity contribution is 7.20. The van der Waals surface area contributed by atoms with Crippen LogP contribution < -0.4 is 5.32 Å². The van der Waals surface area contributed by atoms with Crippen molar-refractivity contribution in [2.75, 3.05) is 5.32 Å². The Kier molecular flexibility index (Phi) is 3.66. The van der Waals surface area contributed by atoms with Crippen molar-refractivity contribution in [2.24, 2.45) is 0 Å². The highest BCUT2D eigenvalue weighted by Crippen LogP contribution is 2.31. The summed E-state index contributed by atoms with van der Waals surface area (Å²) in [6, 6.07) is 6.93. The molecule has 0 fully saturated rings. The van der Waals surface area contributed by atoms with E-state index in [9.17, 15) is 4.79 Å². The number of amides is 1. The van der Waals surface area contributed by atoms with Crippen LogP contribution in [0.4, 0.5) is 5.82 Å². The second-order valence-corrected chi connectivity index (χ2v) is 5.64. The van der Waals surface area contributed by atoms with Crippen molar-refractivity contribution >= 4 is 46.3 Å². The highest BCUT2D eigenvalue weighted by atomic mass is 35.5. The summed E-state index contributed by atoms with van der Waals surface area (Å²) in [6.07, 6.45) is 0. The number of hydrogen-bond donors (Lipinski definition) is 1. The minimum absolute atomic E-state index is 0.309. The Hall–Kier alpha value is -1.10. The van der Waals surface area contributed by atoms with Crippen molar-refractivity contribution in [3.05, 3.63) is 44.2 Å². The van der Waals surface area contributed by atoms with Crippen LogP contribution in [-0.4, -0.2) is 10.9 Å². The van der Waals surface area contributed by atoms with Gasteiger partial charge < -0.3 is 5.32 Å². The zero-order chi connectivity index (χ0) is 12.4. The van der Waals surface area contributed by atoms with Gasteiger partial charge in [0.15, 0.2) is 0 Å². The average Bonchev–Trinajstić information content (AvgIpc) is 2.58. The Morgan fingerprint density at radius 3 is 2.76 bits per heavy atom. The Labute approximate surface area is 112 Å². The van der Waals surface area contributed by atoms with E-state index in [0.29, 0.717) is 20.1 Å². The van der Waals surface area contributed by atoms with Gasteiger partial charge in [-0.25, -0.2) is 4.98 Å². The monoisotopic (exact) mass is 286 g/mol. The molecule has 0 saturated heterocycles. The molecule has 0 bridgehead atoms. The summed E-state index contributed by atoms with van der Waals surface area (Å²) in [5.74, 6) is 0.185. The summed E-state index contributed by atoms with van der Waals surface area (Å²) in [5, 5.41) is 2.67. The minimum atomic E-state index is -0.309. The molecular formula is C11H8Cl2N2OS. The molecule has 2 rings (SSSR count). The molecule has 0 atom stereocenters. The molecule has 2 aromatic heterocycles. The molecule has 88 valence electrons. The Morgan fingerprint density at radius 2 is 2.18 bits per heavy atom. The number of hydrogen-bond acceptors (Lipinski definition) is 3. The fourth-order valence-electron chi connectivity index (χ4n) is 1.29. The van der Waals surface area contributed by atoms with Crippen LogP contribution in [0.1, 0.15) is 16.1 Å². The molecule has 0 spiro atoms. The van der Waals surface area contributed by atoms with Crippen molar-refractivity contribution in [3.63, 3.8) is 0 Å². The van der Waals surface area contributed by atoms with Crippen LogP contribution in [0.5, 0.6) is 0 Å². The molecule has 17 heavy (non-hydrogen) atoms. The van der Waals surface area contributed by atoms with E-state index in [1.54, 1.807) is 12.1 Å². The van der Waals surface area contributed by atoms with Crippen molar-refractivity contribution in [1.82, 2.24) is 4.98 Å². The quantitative estimate of drug-likeness (QED) is 0.906. The number of thiophene rings is 1. The van der Waals surface area contributed by atoms with Crippen molar-refractivity contribution in [1.29, 1.82) is 0 Å². The van der Waals surface area contributed by atoms with Crippen LogP contribution >= 0.6 is 34.5 Å². The van der Waals surface area contributed by atoms with Gasteiger partial charge in [-0.2, -0.15) is 0 Å². The lowest BCUT2D eigenvalue weighted by Crippen LogP contribution is -2.12. The van der Waals surface area contributed by atoms with E-state index in [4.69, 9.17) is 23.2 Å². The van der Waals surface area contributed by atoms with Crippen molar-refractivity contribution < 1.29 is 4.79 Å². The van der Waals surface area contributed by atoms with E-state index in [0.717, 1.165) is 17.0 Å². The van der Waals surface area contributed by atoms with Gasteiger partial charge in [0.25, 0.3) is 5.91 Å². The zero-order valence-corrected chi connectivity index (χ0v) is 11.2. The number of nitrogens with one attached hydrogen (secondary N) is 1. The van der Waals surface area contributed by atoms with Gasteiger partial charge in [-0.15, -0.1) is 11.3 Å². The number of nitrogens with zero attached hydrogens (tertiary/aromatic N) is 1. The predicted molar refractivity (Wildman–Crippen MR) is 71.3 cm³/mol. The molecule has 1 amide bonds. The van der Waals surface area contributed by atoms with Crippen LogP contribution in [0.2, 0.25) is 8.67 Å². The molecule has 2 heterocycles. The van der Waals surface area contributed by atoms with Crippen LogP contribution in [0.3, 0.4) is 0 Å². The first-order valence-corrected chi connectivity index (χ1v) is 6.33. The van der Waals surface area contributed by atoms with E-state index in [2.05, 4.69) is 10.3 Å². The van der Waals surface area contributed by atoms with Crippen LogP contribution in [0, 0.1) is 6.92 Å². The molecule has 0 radical (unpaired) electrons. The maximum Gasteiger partial charge on any atom is 0.259 e. The molecule has 2 aromatic rings. The number of carbonyl (C=O) groups is 1. The molecule has 0 saturated carbocycles. The second-order valence-electron chi connectivity index (χ2n) is 3.36. The lowest BCUT2D eigenvalue weighted by Gasteiger charge is -2.03. The van der Waals surface area contributed by atoms with Crippen LogP contribution in [-0.2, 0) is 0 Å². The summed E-state index contributed by atoms with van der Waals surface area (Å²) in [4.78, 5) is 16.0. The van der Waals surface area contributed by atoms with Gasteiger partial charge in [-0.05, 0) is 25.1 Å². The van der Waals surface area contributed by atoms with Gasteiger partial charge in [0.1, 0.15) is 10.2 Å². The molecule has 0 unspecified atom stereocenters. The molecule has 0 aliphatic rings. The molecule has 1 N–H and O–H groups in total. The fraction of sp³-hybridized carbons (Fsp3) is 0.0909. The molecule has 0 aromatic carbocycles. The molecule has 3 nitrogen and oxygen atoms in total. The fourth-order valence-corrected chi connectivity index (χ4v) is 2.75. The summed E-state index contributed by atoms with van der Waals surface area (Å²) < 4.78 is 0.859. The third-order valence-electron chi connectivity index (χ3n) is 2.03. The smallest absolute Gasteiger partial charge is 0.259 e. The Morgan fingerprint density at radius 1 is 1.41 bits per heavy atom. The third-order valence-corrected chi connectivity index (χ3v) is 3.52. The van der Waals surface area contributed by atoms with E-state index >= 15 is 0 Å². The summed E-state index contributed by atoms with van der Waals surface area (Å²) >= 11 is 12.8. The van der Waals surface area contributed by atoms with Gasteiger partial charge in [0.05, 0.1) is 9.90 Å². The largest absolute Gasteiger partial charge is 0.306 e. The summed E-state index contributed by atoms with van der Waals surface area (Å²) in [6.45, 7) is 1.85. The topological polar surface area (TPSA) is 42.0 Å². The van der Waals surface area contributed by atoms with Gasteiger partial charge in [0, 0.05) is 5.69 Å². The number of aryl methyl sites for hydroxylation is 1. The molecule has 0 aliphatic heterocycles. The summed E-state index contributed by atoms with van der Waals surface area (Å²) in [7, 11) is 0. The minimum Gasteiger partial charge on any atom is -0.306 e. The van der Waals surface area contributed by atoms with E-state index in [1.807, 2.05) is 19.1 Å². The van der Waals surface area contributed by atoms with Crippen molar-refractivity contribution in [3.8, 4) is 0 Å². The van der Waals surface area contributed by atoms with Gasteiger partial charge in [-0.3, -0.25) is 4.79 Å². The normalized spacial score (nSPS) is 10.3. The third kappa shape index (κ3) is 2.97. The van der Waals surface area contributed by atoms with E-state index in [1.165, 1.54) is 0 Å². The van der Waals surface area contributed by atoms with Crippen molar-refractivity contribution in [2.45, 2.75) is 6.92 Å². The molecule has 0 aliphatic carbocycles. The van der Waals surface area contributed by atoms with Gasteiger partial charge in [-0.1, -0.05) is 29.3 Å². The number of pyridine rings is 1. The average molecular weight is 287 g/mol. The molecule has 6 heteroatoms. The summed E-state index contributed by atoms with van der Waals surface area (Å²) in [5.41, 5.74) is 1.20. The number of anilines is 1. The van der Waals surface area contributed by atoms with E-state index < -0.39 is 0 Å². The first-order chi connectivity index (χ1) is 8.06. The van der Waals surface area contributed by atoms with Crippen LogP contribution in [0.25, 0.3) is 0 Å². The lowest BCUT2D eigenvalue weighted by molar-refractivity contribution is 0.102. The van der Waals surface area contributed by atoms with Gasteiger partial charge in [0.2, 0.25) is 0 Å². The SMILES string of the molecule is Cc1cccc(NC(=O)c2cc(Cl)sc2Cl)n1. The predicted octanol–water partition coefficient (Wildman–Crippen LogP) is 4.01. The van der Waals surface area contributed by atoms with Crippen LogP contribution in [0.15, 0.2) is 24.3 Å². The lowest BCUT2D eigenvalue weighted by atomic mass is 10.3. The number of rotatable bonds is 2. The number of halogens is 2. The molecular weight excluding hydrogens is 279 g/mol. The number of carbonyl (C=O) groups excluding carboxylic acids is 1. The first-order valence-electron chi connectivity index (χ1n) is 4.76. The standard InChI is InChI=1S/C11H8Cl2N2OS/c1-6-3-2-4-9(14-6)15-11(16)7-5-8(12)17-10(7)13/h2-5H,1H3,(H,14,15,16). The van der Waals surface area contributed by atoms with Gasteiger partial charge >= 0.3 is 0 Å². The maximum absolute atomic E-state index is 11.9. The number of aromatic nitrogens is 1. The Balaban J connectivity index is 2.20. The zero-order valence-electron chi connectivity index (χ0n) is 8.83. The Bertz CT molecular complexity index is 568.